The van der Waals surface area contributed by atoms with Crippen LogP contribution in [0.1, 0.15) is 25.3 Å². The van der Waals surface area contributed by atoms with Gasteiger partial charge in [-0.3, -0.25) is 14.5 Å². The number of hydrogen-bond acceptors (Lipinski definition) is 6. The van der Waals surface area contributed by atoms with Gasteiger partial charge in [-0.15, -0.1) is 0 Å². The fourth-order valence-electron chi connectivity index (χ4n) is 4.14. The van der Waals surface area contributed by atoms with Gasteiger partial charge in [0.25, 0.3) is 11.8 Å². The summed E-state index contributed by atoms with van der Waals surface area (Å²) in [5.74, 6) is -1.26. The molecule has 2 heterocycles. The summed E-state index contributed by atoms with van der Waals surface area (Å²) < 4.78 is 29.3. The van der Waals surface area contributed by atoms with E-state index < -0.39 is 17.7 Å². The van der Waals surface area contributed by atoms with Gasteiger partial charge in [0.1, 0.15) is 11.6 Å². The van der Waals surface area contributed by atoms with Crippen LogP contribution in [-0.2, 0) is 23.9 Å². The lowest BCUT2D eigenvalue weighted by atomic mass is 10.0. The molecule has 2 amide bonds. The molecule has 2 aliphatic heterocycles. The Labute approximate surface area is 208 Å². The van der Waals surface area contributed by atoms with Crippen molar-refractivity contribution in [1.82, 2.24) is 5.32 Å². The molecule has 2 aromatic rings. The molecule has 2 aromatic carbocycles. The minimum Gasteiger partial charge on any atom is -0.484 e. The zero-order valence-corrected chi connectivity index (χ0v) is 20.1. The van der Waals surface area contributed by atoms with Crippen LogP contribution in [0, 0.1) is 5.82 Å². The van der Waals surface area contributed by atoms with Gasteiger partial charge < -0.3 is 19.5 Å². The van der Waals surface area contributed by atoms with Crippen LogP contribution in [0.2, 0.25) is 0 Å². The second kappa shape index (κ2) is 11.2. The van der Waals surface area contributed by atoms with Gasteiger partial charge in [-0.2, -0.15) is 0 Å². The van der Waals surface area contributed by atoms with Crippen molar-refractivity contribution < 1.29 is 33.0 Å². The van der Waals surface area contributed by atoms with Gasteiger partial charge in [-0.05, 0) is 67.8 Å². The van der Waals surface area contributed by atoms with E-state index in [0.717, 1.165) is 19.4 Å². The minimum absolute atomic E-state index is 0.0612. The predicted molar refractivity (Wildman–Crippen MR) is 130 cm³/mol. The number of allylic oxidation sites excluding steroid dienone is 1. The first-order valence-corrected chi connectivity index (χ1v) is 11.6. The van der Waals surface area contributed by atoms with E-state index in [1.54, 1.807) is 37.3 Å². The summed E-state index contributed by atoms with van der Waals surface area (Å²) in [6, 6.07) is 12.2. The smallest absolute Gasteiger partial charge is 0.340 e. The van der Waals surface area contributed by atoms with Crippen LogP contribution in [0.15, 0.2) is 65.4 Å². The van der Waals surface area contributed by atoms with Crippen molar-refractivity contribution in [2.45, 2.75) is 25.9 Å². The van der Waals surface area contributed by atoms with Crippen molar-refractivity contribution in [3.63, 3.8) is 0 Å². The number of rotatable bonds is 8. The lowest BCUT2D eigenvalue weighted by Gasteiger charge is -2.17. The average molecular weight is 495 g/mol. The summed E-state index contributed by atoms with van der Waals surface area (Å²) in [4.78, 5) is 39.2. The van der Waals surface area contributed by atoms with Crippen LogP contribution >= 0.6 is 0 Å². The van der Waals surface area contributed by atoms with Crippen molar-refractivity contribution >= 4 is 29.5 Å². The van der Waals surface area contributed by atoms with E-state index in [0.29, 0.717) is 29.2 Å². The van der Waals surface area contributed by atoms with Crippen LogP contribution in [-0.4, -0.2) is 50.8 Å². The number of carbonyl (C=O) groups excluding carboxylic acids is 3. The molecule has 0 saturated carbocycles. The van der Waals surface area contributed by atoms with Crippen molar-refractivity contribution in [2.75, 3.05) is 31.8 Å². The molecule has 4 rings (SSSR count). The normalized spacial score (nSPS) is 18.6. The molecule has 0 aliphatic carbocycles. The minimum atomic E-state index is -0.648. The topological polar surface area (TPSA) is 94.2 Å². The Bertz CT molecular complexity index is 1200. The molecule has 36 heavy (non-hydrogen) atoms. The first kappa shape index (κ1) is 25.1. The number of esters is 1. The zero-order valence-electron chi connectivity index (χ0n) is 20.1. The van der Waals surface area contributed by atoms with E-state index in [2.05, 4.69) is 5.32 Å². The quantitative estimate of drug-likeness (QED) is 0.447. The summed E-state index contributed by atoms with van der Waals surface area (Å²) in [6.45, 7) is 2.70. The third kappa shape index (κ3) is 5.63. The number of methoxy groups -OCH3 is 1. The Morgan fingerprint density at radius 2 is 1.89 bits per heavy atom. The molecule has 1 atom stereocenters. The number of nitrogens with zero attached hydrogens (tertiary/aromatic N) is 1. The number of hydrogen-bond donors (Lipinski definition) is 1. The average Bonchev–Trinajstić information content (AvgIpc) is 3.49. The molecule has 1 saturated heterocycles. The second-order valence-corrected chi connectivity index (χ2v) is 8.42. The monoisotopic (exact) mass is 494 g/mol. The Balaban J connectivity index is 1.46. The molecule has 188 valence electrons. The van der Waals surface area contributed by atoms with Gasteiger partial charge >= 0.3 is 5.97 Å². The van der Waals surface area contributed by atoms with Crippen molar-refractivity contribution in [3.8, 4) is 5.75 Å². The molecule has 0 radical (unpaired) electrons. The van der Waals surface area contributed by atoms with Crippen LogP contribution in [0.4, 0.5) is 10.1 Å². The number of nitrogens with one attached hydrogen (secondary N) is 1. The standard InChI is InChI=1S/C27H27FN2O6/c1-17-25(27(33)34-2)23(26(32)30(17)20-9-7-19(28)8-10-20)14-18-5-11-21(12-6-18)36-16-24(31)29-15-22-4-3-13-35-22/h5-12,14,22H,3-4,13,15-16H2,1-2H3,(H,29,31). The maximum absolute atomic E-state index is 13.4. The maximum Gasteiger partial charge on any atom is 0.340 e. The van der Waals surface area contributed by atoms with E-state index >= 15 is 0 Å². The number of benzene rings is 2. The van der Waals surface area contributed by atoms with Gasteiger partial charge in [0, 0.05) is 24.5 Å². The molecule has 0 bridgehead atoms. The van der Waals surface area contributed by atoms with Crippen LogP contribution in [0.3, 0.4) is 0 Å². The van der Waals surface area contributed by atoms with Crippen molar-refractivity contribution in [1.29, 1.82) is 0 Å². The van der Waals surface area contributed by atoms with Gasteiger partial charge in [-0.1, -0.05) is 12.1 Å². The van der Waals surface area contributed by atoms with Gasteiger partial charge in [0.15, 0.2) is 6.61 Å². The number of carbonyl (C=O) groups is 3. The van der Waals surface area contributed by atoms with E-state index in [1.807, 2.05) is 0 Å². The summed E-state index contributed by atoms with van der Waals surface area (Å²) in [6.07, 6.45) is 3.59. The highest BCUT2D eigenvalue weighted by Crippen LogP contribution is 2.35. The van der Waals surface area contributed by atoms with Crippen molar-refractivity contribution in [3.05, 3.63) is 76.8 Å². The van der Waals surface area contributed by atoms with E-state index in [9.17, 15) is 18.8 Å². The van der Waals surface area contributed by atoms with E-state index in [4.69, 9.17) is 14.2 Å². The number of amides is 2. The molecule has 0 spiro atoms. The molecule has 2 aliphatic rings. The fraction of sp³-hybridized carbons (Fsp3) is 0.296. The fourth-order valence-corrected chi connectivity index (χ4v) is 4.14. The SMILES string of the molecule is COC(=O)C1=C(C)N(c2ccc(F)cc2)C(=O)C1=Cc1ccc(OCC(=O)NCC2CCCO2)cc1. The van der Waals surface area contributed by atoms with Gasteiger partial charge in [0.05, 0.1) is 24.4 Å². The summed E-state index contributed by atoms with van der Waals surface area (Å²) in [5.41, 5.74) is 1.76. The molecule has 1 fully saturated rings. The first-order chi connectivity index (χ1) is 17.4. The lowest BCUT2D eigenvalue weighted by molar-refractivity contribution is -0.136. The predicted octanol–water partition coefficient (Wildman–Crippen LogP) is 3.38. The largest absolute Gasteiger partial charge is 0.484 e. The highest BCUT2D eigenvalue weighted by Gasteiger charge is 2.37. The molecule has 0 aromatic heterocycles. The molecule has 1 unspecified atom stereocenters. The number of ether oxygens (including phenoxy) is 3. The summed E-state index contributed by atoms with van der Waals surface area (Å²) in [5, 5.41) is 2.79. The maximum atomic E-state index is 13.4. The van der Waals surface area contributed by atoms with E-state index in [1.165, 1.54) is 36.3 Å². The third-order valence-corrected chi connectivity index (χ3v) is 5.99. The zero-order chi connectivity index (χ0) is 25.7. The number of anilines is 1. The number of halogens is 1. The van der Waals surface area contributed by atoms with Crippen molar-refractivity contribution in [2.24, 2.45) is 0 Å². The van der Waals surface area contributed by atoms with Crippen LogP contribution in [0.5, 0.6) is 5.75 Å². The third-order valence-electron chi connectivity index (χ3n) is 5.99. The Hall–Kier alpha value is -3.98. The molecular weight excluding hydrogens is 467 g/mol. The van der Waals surface area contributed by atoms with Gasteiger partial charge in [0.2, 0.25) is 0 Å². The molecule has 9 heteroatoms. The lowest BCUT2D eigenvalue weighted by Crippen LogP contribution is -2.35. The first-order valence-electron chi connectivity index (χ1n) is 11.6. The Morgan fingerprint density at radius 3 is 2.53 bits per heavy atom. The van der Waals surface area contributed by atoms with Gasteiger partial charge in [-0.25, -0.2) is 9.18 Å². The van der Waals surface area contributed by atoms with Crippen LogP contribution in [0.25, 0.3) is 6.08 Å². The molecule has 8 nitrogen and oxygen atoms in total. The highest BCUT2D eigenvalue weighted by molar-refractivity contribution is 6.23. The van der Waals surface area contributed by atoms with E-state index in [-0.39, 0.29) is 29.8 Å². The second-order valence-electron chi connectivity index (χ2n) is 8.42. The highest BCUT2D eigenvalue weighted by atomic mass is 19.1. The summed E-state index contributed by atoms with van der Waals surface area (Å²) in [7, 11) is 1.24. The summed E-state index contributed by atoms with van der Waals surface area (Å²) >= 11 is 0. The van der Waals surface area contributed by atoms with Crippen LogP contribution < -0.4 is 15.0 Å². The molecular formula is C27H27FN2O6. The Kier molecular flexibility index (Phi) is 7.80. The Morgan fingerprint density at radius 1 is 1.17 bits per heavy atom. The molecule has 1 N–H and O–H groups in total.